The number of hydrogen-bond donors (Lipinski definition) is 1. The van der Waals surface area contributed by atoms with Crippen molar-refractivity contribution in [1.29, 1.82) is 5.26 Å². The predicted octanol–water partition coefficient (Wildman–Crippen LogP) is 2.69. The maximum atomic E-state index is 12.0. The van der Waals surface area contributed by atoms with Crippen LogP contribution < -0.4 is 5.32 Å². The molecule has 20 heavy (non-hydrogen) atoms. The first-order chi connectivity index (χ1) is 9.74. The quantitative estimate of drug-likeness (QED) is 0.856. The molecular weight excluding hydrogens is 252 g/mol. The van der Waals surface area contributed by atoms with E-state index in [9.17, 15) is 4.79 Å². The van der Waals surface area contributed by atoms with Gasteiger partial charge in [-0.1, -0.05) is 31.4 Å². The van der Waals surface area contributed by atoms with Gasteiger partial charge in [-0.05, 0) is 30.5 Å². The van der Waals surface area contributed by atoms with Gasteiger partial charge in [0.1, 0.15) is 6.04 Å². The minimum atomic E-state index is -0.489. The van der Waals surface area contributed by atoms with E-state index >= 15 is 0 Å². The highest BCUT2D eigenvalue weighted by Gasteiger charge is 2.25. The van der Waals surface area contributed by atoms with E-state index in [0.717, 1.165) is 18.4 Å². The third-order valence-corrected chi connectivity index (χ3v) is 3.79. The van der Waals surface area contributed by atoms with Gasteiger partial charge in [0.25, 0.3) is 0 Å². The van der Waals surface area contributed by atoms with E-state index in [1.54, 1.807) is 18.2 Å². The molecule has 0 aromatic heterocycles. The molecule has 0 aliphatic heterocycles. The van der Waals surface area contributed by atoms with Crippen molar-refractivity contribution in [2.45, 2.75) is 44.2 Å². The van der Waals surface area contributed by atoms with Crippen LogP contribution in [0.4, 0.5) is 0 Å². The lowest BCUT2D eigenvalue weighted by molar-refractivity contribution is -0.143. The number of carbonyl (C=O) groups is 1. The zero-order valence-electron chi connectivity index (χ0n) is 11.8. The van der Waals surface area contributed by atoms with E-state index in [-0.39, 0.29) is 5.97 Å². The van der Waals surface area contributed by atoms with Gasteiger partial charge in [-0.25, -0.2) is 4.79 Å². The summed E-state index contributed by atoms with van der Waals surface area (Å²) in [5, 5.41) is 12.4. The molecule has 0 amide bonds. The molecule has 1 saturated carbocycles. The van der Waals surface area contributed by atoms with Crippen molar-refractivity contribution in [2.24, 2.45) is 0 Å². The highest BCUT2D eigenvalue weighted by Crippen LogP contribution is 2.23. The molecule has 4 nitrogen and oxygen atoms in total. The summed E-state index contributed by atoms with van der Waals surface area (Å²) in [7, 11) is 1.39. The number of benzene rings is 1. The molecule has 0 radical (unpaired) electrons. The van der Waals surface area contributed by atoms with Crippen molar-refractivity contribution >= 4 is 5.97 Å². The van der Waals surface area contributed by atoms with E-state index in [4.69, 9.17) is 10.00 Å². The molecule has 1 aliphatic rings. The maximum absolute atomic E-state index is 12.0. The number of rotatable bonds is 4. The Labute approximate surface area is 119 Å². The van der Waals surface area contributed by atoms with E-state index in [1.165, 1.54) is 26.4 Å². The molecule has 4 heteroatoms. The fourth-order valence-electron chi connectivity index (χ4n) is 2.71. The Morgan fingerprint density at radius 2 is 2.15 bits per heavy atom. The minimum Gasteiger partial charge on any atom is -0.468 e. The highest BCUT2D eigenvalue weighted by molar-refractivity contribution is 5.77. The summed E-state index contributed by atoms with van der Waals surface area (Å²) in [5.41, 5.74) is 1.35. The van der Waals surface area contributed by atoms with Crippen LogP contribution in [0.2, 0.25) is 0 Å². The zero-order valence-corrected chi connectivity index (χ0v) is 11.8. The topological polar surface area (TPSA) is 62.1 Å². The number of methoxy groups -OCH3 is 1. The van der Waals surface area contributed by atoms with E-state index in [2.05, 4.69) is 11.4 Å². The molecule has 1 atom stereocenters. The SMILES string of the molecule is COC(=O)[C@H](NC1CCCCC1)c1cccc(C#N)c1. The molecule has 106 valence electrons. The largest absolute Gasteiger partial charge is 0.468 e. The number of esters is 1. The molecule has 1 fully saturated rings. The molecule has 1 N–H and O–H groups in total. The summed E-state index contributed by atoms with van der Waals surface area (Å²) < 4.78 is 4.90. The summed E-state index contributed by atoms with van der Waals surface area (Å²) in [6.45, 7) is 0. The zero-order chi connectivity index (χ0) is 14.4. The Balaban J connectivity index is 2.18. The number of nitrogens with zero attached hydrogens (tertiary/aromatic N) is 1. The van der Waals surface area contributed by atoms with E-state index < -0.39 is 6.04 Å². The van der Waals surface area contributed by atoms with Crippen LogP contribution in [0, 0.1) is 11.3 Å². The van der Waals surface area contributed by atoms with Crippen LogP contribution in [-0.2, 0) is 9.53 Å². The molecule has 0 saturated heterocycles. The molecule has 0 heterocycles. The van der Waals surface area contributed by atoms with Gasteiger partial charge in [-0.2, -0.15) is 5.26 Å². The Morgan fingerprint density at radius 3 is 2.80 bits per heavy atom. The number of ether oxygens (including phenoxy) is 1. The first-order valence-electron chi connectivity index (χ1n) is 7.08. The minimum absolute atomic E-state index is 0.300. The van der Waals surface area contributed by atoms with Gasteiger partial charge >= 0.3 is 5.97 Å². The maximum Gasteiger partial charge on any atom is 0.327 e. The monoisotopic (exact) mass is 272 g/mol. The van der Waals surface area contributed by atoms with Crippen LogP contribution in [0.25, 0.3) is 0 Å². The van der Waals surface area contributed by atoms with Gasteiger partial charge in [0.2, 0.25) is 0 Å². The first kappa shape index (κ1) is 14.5. The van der Waals surface area contributed by atoms with Crippen molar-refractivity contribution in [1.82, 2.24) is 5.32 Å². The Bertz CT molecular complexity index is 501. The summed E-state index contributed by atoms with van der Waals surface area (Å²) in [4.78, 5) is 12.0. The number of carbonyl (C=O) groups excluding carboxylic acids is 1. The van der Waals surface area contributed by atoms with Crippen LogP contribution in [0.15, 0.2) is 24.3 Å². The lowest BCUT2D eigenvalue weighted by atomic mass is 9.93. The fraction of sp³-hybridized carbons (Fsp3) is 0.500. The molecule has 2 rings (SSSR count). The molecule has 1 aromatic rings. The van der Waals surface area contributed by atoms with Crippen LogP contribution >= 0.6 is 0 Å². The standard InChI is InChI=1S/C16H20N2O2/c1-20-16(19)15(18-14-8-3-2-4-9-14)13-7-5-6-12(10-13)11-17/h5-7,10,14-15,18H,2-4,8-9H2,1H3/t15-/m1/s1. The Morgan fingerprint density at radius 1 is 1.40 bits per heavy atom. The summed E-state index contributed by atoms with van der Waals surface area (Å²) in [5.74, 6) is -0.300. The third-order valence-electron chi connectivity index (χ3n) is 3.79. The second kappa shape index (κ2) is 7.06. The van der Waals surface area contributed by atoms with Crippen LogP contribution in [0.3, 0.4) is 0 Å². The van der Waals surface area contributed by atoms with Gasteiger partial charge in [-0.3, -0.25) is 5.32 Å². The van der Waals surface area contributed by atoms with Crippen LogP contribution in [0.1, 0.15) is 49.3 Å². The van der Waals surface area contributed by atoms with Gasteiger partial charge in [0.15, 0.2) is 0 Å². The van der Waals surface area contributed by atoms with Crippen molar-refractivity contribution in [3.63, 3.8) is 0 Å². The summed E-state index contributed by atoms with van der Waals surface area (Å²) in [6, 6.07) is 9.10. The molecule has 1 aromatic carbocycles. The lowest BCUT2D eigenvalue weighted by Gasteiger charge is -2.27. The molecule has 0 bridgehead atoms. The third kappa shape index (κ3) is 3.58. The van der Waals surface area contributed by atoms with Gasteiger partial charge in [0.05, 0.1) is 18.7 Å². The Hall–Kier alpha value is -1.86. The van der Waals surface area contributed by atoms with Crippen molar-refractivity contribution in [2.75, 3.05) is 7.11 Å². The van der Waals surface area contributed by atoms with Crippen molar-refractivity contribution in [3.05, 3.63) is 35.4 Å². The van der Waals surface area contributed by atoms with Gasteiger partial charge in [-0.15, -0.1) is 0 Å². The Kier molecular flexibility index (Phi) is 5.14. The van der Waals surface area contributed by atoms with Crippen LogP contribution in [0.5, 0.6) is 0 Å². The smallest absolute Gasteiger partial charge is 0.327 e. The van der Waals surface area contributed by atoms with Gasteiger partial charge < -0.3 is 4.74 Å². The average Bonchev–Trinajstić information content (AvgIpc) is 2.53. The van der Waals surface area contributed by atoms with E-state index in [0.29, 0.717) is 11.6 Å². The summed E-state index contributed by atoms with van der Waals surface area (Å²) >= 11 is 0. The molecule has 1 aliphatic carbocycles. The van der Waals surface area contributed by atoms with Gasteiger partial charge in [0, 0.05) is 6.04 Å². The van der Waals surface area contributed by atoms with Crippen molar-refractivity contribution < 1.29 is 9.53 Å². The normalized spacial score (nSPS) is 17.2. The molecule has 0 unspecified atom stereocenters. The van der Waals surface area contributed by atoms with Crippen molar-refractivity contribution in [3.8, 4) is 6.07 Å². The predicted molar refractivity (Wildman–Crippen MR) is 75.9 cm³/mol. The second-order valence-corrected chi connectivity index (χ2v) is 5.20. The number of nitriles is 1. The molecular formula is C16H20N2O2. The number of hydrogen-bond acceptors (Lipinski definition) is 4. The average molecular weight is 272 g/mol. The fourth-order valence-corrected chi connectivity index (χ4v) is 2.71. The van der Waals surface area contributed by atoms with Crippen LogP contribution in [-0.4, -0.2) is 19.1 Å². The molecule has 0 spiro atoms. The number of nitrogens with one attached hydrogen (secondary N) is 1. The summed E-state index contributed by atoms with van der Waals surface area (Å²) in [6.07, 6.45) is 5.84. The van der Waals surface area contributed by atoms with E-state index in [1.807, 2.05) is 6.07 Å². The highest BCUT2D eigenvalue weighted by atomic mass is 16.5. The lowest BCUT2D eigenvalue weighted by Crippen LogP contribution is -2.38. The first-order valence-corrected chi connectivity index (χ1v) is 7.08. The second-order valence-electron chi connectivity index (χ2n) is 5.20.